The number of nitrogens with zero attached hydrogens (tertiary/aromatic N) is 5. The Morgan fingerprint density at radius 1 is 1.28 bits per heavy atom. The highest BCUT2D eigenvalue weighted by Gasteiger charge is 2.28. The van der Waals surface area contributed by atoms with Gasteiger partial charge >= 0.3 is 5.69 Å². The van der Waals surface area contributed by atoms with E-state index in [4.69, 9.17) is 5.73 Å². The summed E-state index contributed by atoms with van der Waals surface area (Å²) in [7, 11) is 1.77. The van der Waals surface area contributed by atoms with Crippen molar-refractivity contribution in [2.24, 2.45) is 13.0 Å². The largest absolute Gasteiger partial charge is 0.383 e. The lowest BCUT2D eigenvalue weighted by atomic mass is 10.1. The molecule has 3 rings (SSSR count). The molecular weight excluding hydrogens is 410 g/mol. The van der Waals surface area contributed by atoms with Crippen molar-refractivity contribution in [2.45, 2.75) is 54.0 Å². The quantitative estimate of drug-likeness (QED) is 0.577. The van der Waals surface area contributed by atoms with Gasteiger partial charge in [-0.05, 0) is 32.3 Å². The van der Waals surface area contributed by atoms with Crippen LogP contribution in [-0.4, -0.2) is 36.8 Å². The molecule has 10 heteroatoms. The zero-order chi connectivity index (χ0) is 23.7. The smallest absolute Gasteiger partial charge is 0.330 e. The van der Waals surface area contributed by atoms with Crippen LogP contribution in [0.4, 0.5) is 11.5 Å². The predicted octanol–water partition coefficient (Wildman–Crippen LogP) is 2.12. The SMILES string of the molecule is CCCCn1c(N)c(N(CC(C)C)C(=O)c2cc(C)nc3c2c(C)nn3C)c(=O)[nH]c1=O. The monoisotopic (exact) mass is 441 g/mol. The van der Waals surface area contributed by atoms with Crippen molar-refractivity contribution < 1.29 is 4.79 Å². The molecule has 3 aromatic rings. The number of nitrogens with two attached hydrogens (primary N) is 1. The number of amides is 1. The molecule has 0 aromatic carbocycles. The Morgan fingerprint density at radius 3 is 2.59 bits per heavy atom. The molecule has 10 nitrogen and oxygen atoms in total. The van der Waals surface area contributed by atoms with Crippen molar-refractivity contribution in [1.82, 2.24) is 24.3 Å². The molecule has 1 amide bonds. The Balaban J connectivity index is 2.26. The molecule has 172 valence electrons. The number of aryl methyl sites for hydroxylation is 3. The van der Waals surface area contributed by atoms with Crippen LogP contribution in [0, 0.1) is 19.8 Å². The van der Waals surface area contributed by atoms with Crippen LogP contribution in [0.3, 0.4) is 0 Å². The molecule has 3 heterocycles. The first-order chi connectivity index (χ1) is 15.1. The third-order valence-electron chi connectivity index (χ3n) is 5.34. The van der Waals surface area contributed by atoms with Crippen LogP contribution in [0.1, 0.15) is 55.4 Å². The molecule has 3 aromatic heterocycles. The van der Waals surface area contributed by atoms with E-state index in [1.165, 1.54) is 9.47 Å². The molecule has 0 aliphatic heterocycles. The minimum Gasteiger partial charge on any atom is -0.383 e. The van der Waals surface area contributed by atoms with Crippen molar-refractivity contribution in [3.63, 3.8) is 0 Å². The normalized spacial score (nSPS) is 11.5. The van der Waals surface area contributed by atoms with Gasteiger partial charge in [-0.1, -0.05) is 27.2 Å². The zero-order valence-electron chi connectivity index (χ0n) is 19.5. The topological polar surface area (TPSA) is 132 Å². The van der Waals surface area contributed by atoms with Gasteiger partial charge in [-0.15, -0.1) is 0 Å². The van der Waals surface area contributed by atoms with Gasteiger partial charge in [-0.25, -0.2) is 9.78 Å². The summed E-state index contributed by atoms with van der Waals surface area (Å²) in [5.41, 5.74) is 7.35. The van der Waals surface area contributed by atoms with Crippen LogP contribution >= 0.6 is 0 Å². The Labute approximate surface area is 186 Å². The van der Waals surface area contributed by atoms with Gasteiger partial charge in [0.25, 0.3) is 11.5 Å². The van der Waals surface area contributed by atoms with Crippen LogP contribution < -0.4 is 21.9 Å². The van der Waals surface area contributed by atoms with E-state index >= 15 is 0 Å². The lowest BCUT2D eigenvalue weighted by molar-refractivity contribution is 0.0985. The summed E-state index contributed by atoms with van der Waals surface area (Å²) in [6.07, 6.45) is 1.57. The predicted molar refractivity (Wildman–Crippen MR) is 125 cm³/mol. The van der Waals surface area contributed by atoms with Gasteiger partial charge in [0.05, 0.1) is 16.6 Å². The second-order valence-electron chi connectivity index (χ2n) is 8.53. The molecule has 0 spiro atoms. The van der Waals surface area contributed by atoms with E-state index in [-0.39, 0.29) is 29.9 Å². The maximum Gasteiger partial charge on any atom is 0.330 e. The van der Waals surface area contributed by atoms with Gasteiger partial charge in [0.15, 0.2) is 11.3 Å². The molecule has 0 saturated heterocycles. The van der Waals surface area contributed by atoms with E-state index in [0.717, 1.165) is 6.42 Å². The molecule has 0 fully saturated rings. The summed E-state index contributed by atoms with van der Waals surface area (Å²) in [6.45, 7) is 10.1. The first kappa shape index (κ1) is 23.2. The molecule has 0 aliphatic rings. The molecule has 3 N–H and O–H groups in total. The lowest BCUT2D eigenvalue weighted by Crippen LogP contribution is -2.42. The van der Waals surface area contributed by atoms with Crippen LogP contribution in [0.15, 0.2) is 15.7 Å². The van der Waals surface area contributed by atoms with Crippen molar-refractivity contribution in [3.05, 3.63) is 43.9 Å². The minimum atomic E-state index is -0.681. The van der Waals surface area contributed by atoms with Gasteiger partial charge in [-0.3, -0.25) is 23.8 Å². The van der Waals surface area contributed by atoms with Gasteiger partial charge in [0.2, 0.25) is 0 Å². The average Bonchev–Trinajstić information content (AvgIpc) is 2.98. The van der Waals surface area contributed by atoms with Crippen molar-refractivity contribution in [2.75, 3.05) is 17.2 Å². The number of aromatic nitrogens is 5. The van der Waals surface area contributed by atoms with Crippen LogP contribution in [0.5, 0.6) is 0 Å². The Morgan fingerprint density at radius 2 is 1.97 bits per heavy atom. The standard InChI is InChI=1S/C22H31N7O3/c1-7-8-9-28-18(23)17(20(30)25-22(28)32)29(11-12(2)3)21(31)15-10-13(4)24-19-16(15)14(5)26-27(19)6/h10,12H,7-9,11,23H2,1-6H3,(H,25,30,32). The van der Waals surface area contributed by atoms with Crippen molar-refractivity contribution in [1.29, 1.82) is 0 Å². The molecule has 0 atom stereocenters. The van der Waals surface area contributed by atoms with E-state index in [2.05, 4.69) is 15.1 Å². The summed E-state index contributed by atoms with van der Waals surface area (Å²) in [5, 5.41) is 5.04. The Hall–Kier alpha value is -3.43. The van der Waals surface area contributed by atoms with Crippen molar-refractivity contribution >= 4 is 28.4 Å². The van der Waals surface area contributed by atoms with Crippen LogP contribution in [-0.2, 0) is 13.6 Å². The second kappa shape index (κ2) is 8.97. The highest BCUT2D eigenvalue weighted by molar-refractivity contribution is 6.14. The van der Waals surface area contributed by atoms with Gasteiger partial charge in [-0.2, -0.15) is 5.10 Å². The van der Waals surface area contributed by atoms with Crippen molar-refractivity contribution in [3.8, 4) is 0 Å². The molecule has 0 saturated carbocycles. The summed E-state index contributed by atoms with van der Waals surface area (Å²) in [5.74, 6) is -0.350. The third-order valence-corrected chi connectivity index (χ3v) is 5.34. The lowest BCUT2D eigenvalue weighted by Gasteiger charge is -2.26. The fraction of sp³-hybridized carbons (Fsp3) is 0.500. The fourth-order valence-electron chi connectivity index (χ4n) is 3.90. The minimum absolute atomic E-state index is 0.00821. The molecule has 0 radical (unpaired) electrons. The second-order valence-corrected chi connectivity index (χ2v) is 8.53. The Kier molecular flexibility index (Phi) is 6.52. The summed E-state index contributed by atoms with van der Waals surface area (Å²) in [4.78, 5) is 47.4. The van der Waals surface area contributed by atoms with Gasteiger partial charge in [0.1, 0.15) is 5.82 Å². The number of fused-ring (bicyclic) bond motifs is 1. The number of pyridine rings is 1. The van der Waals surface area contributed by atoms with Crippen LogP contribution in [0.2, 0.25) is 0 Å². The number of rotatable bonds is 7. The molecule has 0 aliphatic carbocycles. The number of hydrogen-bond acceptors (Lipinski definition) is 6. The van der Waals surface area contributed by atoms with E-state index in [1.54, 1.807) is 24.7 Å². The van der Waals surface area contributed by atoms with Gasteiger partial charge in [0, 0.05) is 25.8 Å². The summed E-state index contributed by atoms with van der Waals surface area (Å²) >= 11 is 0. The van der Waals surface area contributed by atoms with E-state index < -0.39 is 11.2 Å². The summed E-state index contributed by atoms with van der Waals surface area (Å²) < 4.78 is 2.96. The van der Waals surface area contributed by atoms with Gasteiger partial charge < -0.3 is 10.6 Å². The average molecular weight is 442 g/mol. The highest BCUT2D eigenvalue weighted by atomic mass is 16.2. The first-order valence-corrected chi connectivity index (χ1v) is 10.8. The summed E-state index contributed by atoms with van der Waals surface area (Å²) in [6, 6.07) is 1.70. The number of aromatic amines is 1. The first-order valence-electron chi connectivity index (χ1n) is 10.8. The van der Waals surface area contributed by atoms with Crippen LogP contribution in [0.25, 0.3) is 11.0 Å². The molecule has 32 heavy (non-hydrogen) atoms. The van der Waals surface area contributed by atoms with E-state index in [9.17, 15) is 14.4 Å². The molecular formula is C22H31N7O3. The number of hydrogen-bond donors (Lipinski definition) is 2. The number of nitrogen functional groups attached to an aromatic ring is 1. The third kappa shape index (κ3) is 4.17. The van der Waals surface area contributed by atoms with E-state index in [1.807, 2.05) is 27.7 Å². The number of nitrogens with one attached hydrogen (secondary N) is 1. The van der Waals surface area contributed by atoms with E-state index in [0.29, 0.717) is 41.0 Å². The Bertz CT molecular complexity index is 1280. The number of unbranched alkanes of at least 4 members (excludes halogenated alkanes) is 1. The number of carbonyl (C=O) groups is 1. The zero-order valence-corrected chi connectivity index (χ0v) is 19.5. The maximum atomic E-state index is 13.9. The molecule has 0 unspecified atom stereocenters. The number of anilines is 2. The number of carbonyl (C=O) groups excluding carboxylic acids is 1. The maximum absolute atomic E-state index is 13.9. The highest BCUT2D eigenvalue weighted by Crippen LogP contribution is 2.27. The number of H-pyrrole nitrogens is 1. The molecule has 0 bridgehead atoms. The fourth-order valence-corrected chi connectivity index (χ4v) is 3.90.